The van der Waals surface area contributed by atoms with E-state index in [0.29, 0.717) is 25.1 Å². The molecule has 2 aromatic heterocycles. The summed E-state index contributed by atoms with van der Waals surface area (Å²) in [6.45, 7) is 1.46. The monoisotopic (exact) mass is 384 g/mol. The van der Waals surface area contributed by atoms with Crippen LogP contribution in [-0.4, -0.2) is 39.7 Å². The molecule has 0 spiro atoms. The minimum atomic E-state index is -0.508. The lowest BCUT2D eigenvalue weighted by Crippen LogP contribution is -2.45. The van der Waals surface area contributed by atoms with E-state index in [1.54, 1.807) is 6.07 Å². The van der Waals surface area contributed by atoms with Crippen LogP contribution in [0, 0.1) is 5.95 Å². The summed E-state index contributed by atoms with van der Waals surface area (Å²) in [7, 11) is 0. The maximum atomic E-state index is 13.5. The minimum absolute atomic E-state index is 0.227. The van der Waals surface area contributed by atoms with Gasteiger partial charge in [-0.2, -0.15) is 4.39 Å². The van der Waals surface area contributed by atoms with Gasteiger partial charge < -0.3 is 15.7 Å². The van der Waals surface area contributed by atoms with Crippen molar-refractivity contribution in [3.63, 3.8) is 0 Å². The summed E-state index contributed by atoms with van der Waals surface area (Å²) >= 11 is 0. The van der Waals surface area contributed by atoms with E-state index < -0.39 is 12.1 Å². The average molecular weight is 384 g/mol. The highest BCUT2D eigenvalue weighted by Gasteiger charge is 2.26. The number of aromatic nitrogens is 2. The molecular weight excluding hydrogens is 359 g/mol. The van der Waals surface area contributed by atoms with Crippen molar-refractivity contribution < 1.29 is 14.3 Å². The Morgan fingerprint density at radius 2 is 2.18 bits per heavy atom. The van der Waals surface area contributed by atoms with Crippen molar-refractivity contribution in [1.82, 2.24) is 20.6 Å². The van der Waals surface area contributed by atoms with Crippen LogP contribution in [0.15, 0.2) is 24.4 Å². The largest absolute Gasteiger partial charge is 0.391 e. The first-order valence-corrected chi connectivity index (χ1v) is 9.92. The molecule has 1 fully saturated rings. The van der Waals surface area contributed by atoms with Crippen LogP contribution in [0.5, 0.6) is 0 Å². The molecule has 0 aromatic carbocycles. The molecule has 2 atom stereocenters. The number of nitrogens with zero attached hydrogens (tertiary/aromatic N) is 2. The molecule has 3 N–H and O–H groups in total. The Hall–Kier alpha value is -2.38. The van der Waals surface area contributed by atoms with Crippen molar-refractivity contribution in [1.29, 1.82) is 0 Å². The third-order valence-corrected chi connectivity index (χ3v) is 5.61. The summed E-state index contributed by atoms with van der Waals surface area (Å²) in [4.78, 5) is 21.0. The van der Waals surface area contributed by atoms with Gasteiger partial charge in [-0.15, -0.1) is 0 Å². The van der Waals surface area contributed by atoms with Crippen molar-refractivity contribution in [3.8, 4) is 0 Å². The van der Waals surface area contributed by atoms with Gasteiger partial charge in [-0.05, 0) is 67.1 Å². The number of aliphatic hydroxyl groups excluding tert-OH is 1. The molecule has 0 unspecified atom stereocenters. The Morgan fingerprint density at radius 1 is 1.32 bits per heavy atom. The number of hydrogen-bond acceptors (Lipinski definition) is 5. The van der Waals surface area contributed by atoms with Crippen LogP contribution in [0.4, 0.5) is 4.39 Å². The smallest absolute Gasteiger partial charge is 0.270 e. The number of carbonyl (C=O) groups excluding carboxylic acids is 1. The van der Waals surface area contributed by atoms with E-state index in [9.17, 15) is 14.3 Å². The predicted molar refractivity (Wildman–Crippen MR) is 102 cm³/mol. The summed E-state index contributed by atoms with van der Waals surface area (Å²) in [5.41, 5.74) is 4.16. The number of fused-ring (bicyclic) bond motifs is 1. The van der Waals surface area contributed by atoms with Crippen LogP contribution in [0.3, 0.4) is 0 Å². The van der Waals surface area contributed by atoms with Crippen molar-refractivity contribution in [2.75, 3.05) is 6.54 Å². The van der Waals surface area contributed by atoms with Crippen LogP contribution in [0.1, 0.15) is 58.6 Å². The molecule has 1 amide bonds. The molecule has 2 aliphatic rings. The van der Waals surface area contributed by atoms with E-state index in [0.717, 1.165) is 54.6 Å². The van der Waals surface area contributed by atoms with Crippen molar-refractivity contribution in [3.05, 3.63) is 58.4 Å². The molecule has 0 bridgehead atoms. The molecule has 148 valence electrons. The minimum Gasteiger partial charge on any atom is -0.391 e. The van der Waals surface area contributed by atoms with Crippen molar-refractivity contribution in [2.45, 2.75) is 57.2 Å². The summed E-state index contributed by atoms with van der Waals surface area (Å²) in [5.74, 6) is -0.771. The molecule has 4 rings (SSSR count). The molecule has 6 nitrogen and oxygen atoms in total. The number of aliphatic hydroxyl groups is 1. The van der Waals surface area contributed by atoms with Gasteiger partial charge in [0.15, 0.2) is 0 Å². The number of halogens is 1. The Bertz CT molecular complexity index is 873. The van der Waals surface area contributed by atoms with E-state index in [4.69, 9.17) is 0 Å². The highest BCUT2D eigenvalue weighted by molar-refractivity contribution is 5.93. The Kier molecular flexibility index (Phi) is 5.64. The molecule has 1 aliphatic heterocycles. The first-order valence-electron chi connectivity index (χ1n) is 9.92. The first-order chi connectivity index (χ1) is 13.6. The summed E-state index contributed by atoms with van der Waals surface area (Å²) < 4.78 is 13.5. The Balaban J connectivity index is 1.61. The molecule has 0 saturated heterocycles. The molecule has 3 heterocycles. The number of hydrogen-bond donors (Lipinski definition) is 3. The summed E-state index contributed by atoms with van der Waals surface area (Å²) in [6.07, 6.45) is 5.79. The van der Waals surface area contributed by atoms with E-state index in [1.165, 1.54) is 12.3 Å². The quantitative estimate of drug-likeness (QED) is 0.701. The van der Waals surface area contributed by atoms with Crippen LogP contribution in [0.25, 0.3) is 0 Å². The highest BCUT2D eigenvalue weighted by Crippen LogP contribution is 2.23. The van der Waals surface area contributed by atoms with Gasteiger partial charge >= 0.3 is 0 Å². The third kappa shape index (κ3) is 4.20. The van der Waals surface area contributed by atoms with Gasteiger partial charge in [-0.1, -0.05) is 12.8 Å². The van der Waals surface area contributed by atoms with Gasteiger partial charge in [0.05, 0.1) is 17.8 Å². The molecule has 2 aromatic rings. The SMILES string of the molecule is O=C(N[C@H]1CCCC[C@@H]1O)c1cc(Cc2ccnc(F)c2)c2c(n1)CNCC2. The second-order valence-electron chi connectivity index (χ2n) is 7.61. The van der Waals surface area contributed by atoms with Crippen LogP contribution in [-0.2, 0) is 19.4 Å². The second-order valence-corrected chi connectivity index (χ2v) is 7.61. The maximum absolute atomic E-state index is 13.5. The van der Waals surface area contributed by atoms with Crippen LogP contribution < -0.4 is 10.6 Å². The fraction of sp³-hybridized carbons (Fsp3) is 0.476. The van der Waals surface area contributed by atoms with Crippen LogP contribution in [0.2, 0.25) is 0 Å². The molecule has 1 aliphatic carbocycles. The van der Waals surface area contributed by atoms with Gasteiger partial charge in [0, 0.05) is 12.7 Å². The van der Waals surface area contributed by atoms with E-state index in [-0.39, 0.29) is 11.9 Å². The molecular formula is C21H25FN4O2. The standard InChI is InChI=1S/C21H25FN4O2/c22-20-10-13(5-8-24-20)9-14-11-17(25-18-12-23-7-6-15(14)18)21(28)26-16-3-1-2-4-19(16)27/h5,8,10-11,16,19,23,27H,1-4,6-7,9,12H2,(H,26,28)/t16-,19-/m0/s1. The highest BCUT2D eigenvalue weighted by atomic mass is 19.1. The zero-order valence-electron chi connectivity index (χ0n) is 15.7. The Labute approximate surface area is 163 Å². The Morgan fingerprint density at radius 3 is 3.00 bits per heavy atom. The van der Waals surface area contributed by atoms with Gasteiger partial charge in [0.1, 0.15) is 5.69 Å². The zero-order valence-corrected chi connectivity index (χ0v) is 15.7. The third-order valence-electron chi connectivity index (χ3n) is 5.61. The van der Waals surface area contributed by atoms with E-state index in [1.807, 2.05) is 6.07 Å². The second kappa shape index (κ2) is 8.32. The summed E-state index contributed by atoms with van der Waals surface area (Å²) in [5, 5.41) is 16.4. The molecule has 1 saturated carbocycles. The number of amides is 1. The fourth-order valence-electron chi connectivity index (χ4n) is 4.12. The summed E-state index contributed by atoms with van der Waals surface area (Å²) in [6, 6.07) is 4.80. The van der Waals surface area contributed by atoms with Gasteiger partial charge in [0.2, 0.25) is 5.95 Å². The van der Waals surface area contributed by atoms with Gasteiger partial charge in [0.25, 0.3) is 5.91 Å². The van der Waals surface area contributed by atoms with Crippen molar-refractivity contribution in [2.24, 2.45) is 0 Å². The predicted octanol–water partition coefficient (Wildman–Crippen LogP) is 1.89. The average Bonchev–Trinajstić information content (AvgIpc) is 2.69. The van der Waals surface area contributed by atoms with E-state index >= 15 is 0 Å². The van der Waals surface area contributed by atoms with Crippen LogP contribution >= 0.6 is 0 Å². The fourth-order valence-corrected chi connectivity index (χ4v) is 4.12. The lowest BCUT2D eigenvalue weighted by Gasteiger charge is -2.28. The van der Waals surface area contributed by atoms with Gasteiger partial charge in [-0.25, -0.2) is 9.97 Å². The maximum Gasteiger partial charge on any atom is 0.270 e. The normalized spacial score (nSPS) is 21.8. The number of nitrogens with one attached hydrogen (secondary N) is 2. The van der Waals surface area contributed by atoms with E-state index in [2.05, 4.69) is 20.6 Å². The number of carbonyl (C=O) groups is 1. The number of pyridine rings is 2. The topological polar surface area (TPSA) is 87.1 Å². The lowest BCUT2D eigenvalue weighted by molar-refractivity contribution is 0.0713. The molecule has 7 heteroatoms. The zero-order chi connectivity index (χ0) is 19.5. The van der Waals surface area contributed by atoms with Gasteiger partial charge in [-0.3, -0.25) is 4.79 Å². The number of rotatable bonds is 4. The first kappa shape index (κ1) is 19.0. The molecule has 28 heavy (non-hydrogen) atoms. The van der Waals surface area contributed by atoms with Crippen molar-refractivity contribution >= 4 is 5.91 Å². The lowest BCUT2D eigenvalue weighted by atomic mass is 9.92. The molecule has 0 radical (unpaired) electrons.